The van der Waals surface area contributed by atoms with Gasteiger partial charge in [0, 0.05) is 44.0 Å². The molecule has 11 heteroatoms. The molecule has 32 heavy (non-hydrogen) atoms. The van der Waals surface area contributed by atoms with Gasteiger partial charge in [0.25, 0.3) is 0 Å². The highest BCUT2D eigenvalue weighted by molar-refractivity contribution is 7.88. The van der Waals surface area contributed by atoms with Crippen molar-refractivity contribution < 1.29 is 17.2 Å². The van der Waals surface area contributed by atoms with E-state index < -0.39 is 27.4 Å². The van der Waals surface area contributed by atoms with E-state index in [1.807, 2.05) is 30.9 Å². The highest BCUT2D eigenvalue weighted by Gasteiger charge is 2.28. The Kier molecular flexibility index (Phi) is 5.95. The van der Waals surface area contributed by atoms with Gasteiger partial charge in [0.2, 0.25) is 10.0 Å². The summed E-state index contributed by atoms with van der Waals surface area (Å²) >= 11 is 0. The lowest BCUT2D eigenvalue weighted by Crippen LogP contribution is -2.49. The molecule has 170 valence electrons. The van der Waals surface area contributed by atoms with Crippen LogP contribution in [0.15, 0.2) is 30.3 Å². The zero-order valence-corrected chi connectivity index (χ0v) is 18.9. The maximum absolute atomic E-state index is 13.4. The smallest absolute Gasteiger partial charge is 0.218 e. The van der Waals surface area contributed by atoms with Gasteiger partial charge in [-0.05, 0) is 44.5 Å². The molecule has 3 aromatic rings. The van der Waals surface area contributed by atoms with Crippen LogP contribution in [-0.4, -0.2) is 58.7 Å². The molecule has 2 aromatic heterocycles. The second-order valence-corrected chi connectivity index (χ2v) is 9.86. The van der Waals surface area contributed by atoms with E-state index >= 15 is 0 Å². The van der Waals surface area contributed by atoms with Crippen molar-refractivity contribution in [3.05, 3.63) is 64.7 Å². The van der Waals surface area contributed by atoms with E-state index in [0.29, 0.717) is 30.5 Å². The number of aryl methyl sites for hydroxylation is 3. The van der Waals surface area contributed by atoms with Crippen LogP contribution in [0.4, 0.5) is 14.6 Å². The van der Waals surface area contributed by atoms with Crippen molar-refractivity contribution in [1.29, 1.82) is 0 Å². The maximum atomic E-state index is 13.4. The second kappa shape index (κ2) is 8.55. The monoisotopic (exact) mass is 462 g/mol. The Morgan fingerprint density at radius 2 is 1.50 bits per heavy atom. The Bertz CT molecular complexity index is 1230. The van der Waals surface area contributed by atoms with Gasteiger partial charge >= 0.3 is 0 Å². The summed E-state index contributed by atoms with van der Waals surface area (Å²) < 4.78 is 55.5. The number of rotatable bonds is 5. The number of benzene rings is 1. The summed E-state index contributed by atoms with van der Waals surface area (Å²) in [6.45, 7) is 7.03. The van der Waals surface area contributed by atoms with Gasteiger partial charge < -0.3 is 4.90 Å². The molecule has 1 aliphatic heterocycles. The fraction of sp³-hybridized carbons (Fsp3) is 0.381. The van der Waals surface area contributed by atoms with Gasteiger partial charge in [-0.15, -0.1) is 0 Å². The highest BCUT2D eigenvalue weighted by atomic mass is 32.2. The lowest BCUT2D eigenvalue weighted by molar-refractivity contribution is 0.383. The number of nitrogens with zero attached hydrogens (tertiary/aromatic N) is 6. The topological polar surface area (TPSA) is 84.2 Å². The summed E-state index contributed by atoms with van der Waals surface area (Å²) in [4.78, 5) is 11.0. The Balaban J connectivity index is 1.48. The first-order valence-corrected chi connectivity index (χ1v) is 11.8. The number of sulfonamides is 1. The highest BCUT2D eigenvalue weighted by Crippen LogP contribution is 2.21. The van der Waals surface area contributed by atoms with Crippen molar-refractivity contribution in [1.82, 2.24) is 24.1 Å². The van der Waals surface area contributed by atoms with E-state index in [2.05, 4.69) is 15.1 Å². The number of aromatic nitrogens is 4. The molecule has 0 aliphatic carbocycles. The molecule has 4 rings (SSSR count). The van der Waals surface area contributed by atoms with Gasteiger partial charge in [-0.2, -0.15) is 9.40 Å². The largest absolute Gasteiger partial charge is 0.354 e. The lowest BCUT2D eigenvalue weighted by Gasteiger charge is -2.34. The van der Waals surface area contributed by atoms with Crippen molar-refractivity contribution in [2.24, 2.45) is 0 Å². The molecule has 1 aromatic carbocycles. The first kappa shape index (κ1) is 22.3. The van der Waals surface area contributed by atoms with Crippen LogP contribution >= 0.6 is 0 Å². The van der Waals surface area contributed by atoms with Gasteiger partial charge in [0.15, 0.2) is 5.82 Å². The molecule has 0 amide bonds. The molecular weight excluding hydrogens is 438 g/mol. The molecule has 0 atom stereocenters. The Hall–Kier alpha value is -2.92. The minimum atomic E-state index is -3.71. The van der Waals surface area contributed by atoms with Gasteiger partial charge in [-0.25, -0.2) is 31.8 Å². The maximum Gasteiger partial charge on any atom is 0.218 e. The van der Waals surface area contributed by atoms with Crippen LogP contribution in [0.1, 0.15) is 22.8 Å². The second-order valence-electron chi connectivity index (χ2n) is 7.89. The Labute approximate surface area is 185 Å². The van der Waals surface area contributed by atoms with E-state index in [4.69, 9.17) is 0 Å². The quantitative estimate of drug-likeness (QED) is 0.579. The zero-order valence-electron chi connectivity index (χ0n) is 18.1. The normalized spacial score (nSPS) is 15.3. The third-order valence-corrected chi connectivity index (χ3v) is 7.12. The van der Waals surface area contributed by atoms with Crippen molar-refractivity contribution >= 4 is 15.8 Å². The van der Waals surface area contributed by atoms with Crippen molar-refractivity contribution in [3.8, 4) is 5.82 Å². The standard InChI is InChI=1S/C21H24F2N6O2S/c1-14-8-15(2)29(26-14)21-12-20(24-16(3)25-21)27-4-6-28(7-5-27)32(30,31)13-17-9-18(22)11-19(23)10-17/h8-12H,4-7,13H2,1-3H3. The van der Waals surface area contributed by atoms with E-state index in [1.54, 1.807) is 11.6 Å². The Morgan fingerprint density at radius 1 is 0.875 bits per heavy atom. The van der Waals surface area contributed by atoms with E-state index in [-0.39, 0.29) is 18.7 Å². The summed E-state index contributed by atoms with van der Waals surface area (Å²) in [5, 5.41) is 4.47. The molecule has 1 aliphatic rings. The van der Waals surface area contributed by atoms with Crippen molar-refractivity contribution in [3.63, 3.8) is 0 Å². The third-order valence-electron chi connectivity index (χ3n) is 5.26. The SMILES string of the molecule is Cc1cc(C)n(-c2cc(N3CCN(S(=O)(=O)Cc4cc(F)cc(F)c4)CC3)nc(C)n2)n1. The fourth-order valence-electron chi connectivity index (χ4n) is 3.86. The van der Waals surface area contributed by atoms with Crippen LogP contribution in [0, 0.1) is 32.4 Å². The predicted octanol–water partition coefficient (Wildman–Crippen LogP) is 2.52. The number of anilines is 1. The average Bonchev–Trinajstić information content (AvgIpc) is 3.04. The van der Waals surface area contributed by atoms with Gasteiger partial charge in [0.05, 0.1) is 11.4 Å². The predicted molar refractivity (Wildman–Crippen MR) is 116 cm³/mol. The molecule has 0 bridgehead atoms. The molecule has 1 fully saturated rings. The van der Waals surface area contributed by atoms with Gasteiger partial charge in [-0.3, -0.25) is 0 Å². The first-order chi connectivity index (χ1) is 15.1. The molecule has 0 N–H and O–H groups in total. The molecule has 0 unspecified atom stereocenters. The molecule has 8 nitrogen and oxygen atoms in total. The number of halogens is 2. The summed E-state index contributed by atoms with van der Waals surface area (Å²) in [6.07, 6.45) is 0. The van der Waals surface area contributed by atoms with E-state index in [9.17, 15) is 17.2 Å². The van der Waals surface area contributed by atoms with Crippen LogP contribution in [0.5, 0.6) is 0 Å². The molecule has 0 radical (unpaired) electrons. The molecule has 3 heterocycles. The minimum Gasteiger partial charge on any atom is -0.354 e. The van der Waals surface area contributed by atoms with E-state index in [0.717, 1.165) is 29.6 Å². The van der Waals surface area contributed by atoms with Gasteiger partial charge in [-0.1, -0.05) is 0 Å². The van der Waals surface area contributed by atoms with Crippen LogP contribution in [0.2, 0.25) is 0 Å². The van der Waals surface area contributed by atoms with Crippen LogP contribution in [0.25, 0.3) is 5.82 Å². The zero-order chi connectivity index (χ0) is 23.0. The van der Waals surface area contributed by atoms with Crippen LogP contribution in [-0.2, 0) is 15.8 Å². The van der Waals surface area contributed by atoms with E-state index in [1.165, 1.54) is 4.31 Å². The Morgan fingerprint density at radius 3 is 2.09 bits per heavy atom. The van der Waals surface area contributed by atoms with Crippen LogP contribution < -0.4 is 4.90 Å². The lowest BCUT2D eigenvalue weighted by atomic mass is 10.2. The first-order valence-electron chi connectivity index (χ1n) is 10.2. The number of hydrogen-bond acceptors (Lipinski definition) is 6. The van der Waals surface area contributed by atoms with Crippen molar-refractivity contribution in [2.45, 2.75) is 26.5 Å². The molecule has 0 spiro atoms. The third kappa shape index (κ3) is 4.78. The van der Waals surface area contributed by atoms with Crippen LogP contribution in [0.3, 0.4) is 0 Å². The fourth-order valence-corrected chi connectivity index (χ4v) is 5.35. The van der Waals surface area contributed by atoms with Gasteiger partial charge in [0.1, 0.15) is 23.3 Å². The molecular formula is C21H24F2N6O2S. The number of hydrogen-bond donors (Lipinski definition) is 0. The molecule has 1 saturated heterocycles. The number of piperazine rings is 1. The molecule has 0 saturated carbocycles. The average molecular weight is 463 g/mol. The summed E-state index contributed by atoms with van der Waals surface area (Å²) in [7, 11) is -3.71. The van der Waals surface area contributed by atoms with Crippen molar-refractivity contribution in [2.75, 3.05) is 31.1 Å². The minimum absolute atomic E-state index is 0.0888. The summed E-state index contributed by atoms with van der Waals surface area (Å²) in [6, 6.07) is 6.61. The summed E-state index contributed by atoms with van der Waals surface area (Å²) in [5.74, 6) is -0.0925. The summed E-state index contributed by atoms with van der Waals surface area (Å²) in [5.41, 5.74) is 1.93.